The molecular weight excluding hydrogens is 372 g/mol. The van der Waals surface area contributed by atoms with E-state index in [1.807, 2.05) is 17.5 Å². The van der Waals surface area contributed by atoms with Gasteiger partial charge in [0.05, 0.1) is 0 Å². The molecule has 0 unspecified atom stereocenters. The normalized spacial score (nSPS) is 10.2. The van der Waals surface area contributed by atoms with E-state index in [1.165, 1.54) is 24.3 Å². The summed E-state index contributed by atoms with van der Waals surface area (Å²) >= 11 is 6.45. The van der Waals surface area contributed by atoms with Gasteiger partial charge in [0.1, 0.15) is 0 Å². The van der Waals surface area contributed by atoms with E-state index in [0.717, 1.165) is 4.88 Å². The molecular formula is C17H16N4O3S2. The molecule has 0 spiro atoms. The molecule has 2 rings (SSSR count). The Kier molecular flexibility index (Phi) is 7.01. The van der Waals surface area contributed by atoms with Crippen molar-refractivity contribution in [1.82, 2.24) is 16.2 Å². The van der Waals surface area contributed by atoms with Crippen LogP contribution in [0.25, 0.3) is 6.08 Å². The number of carbonyl (C=O) groups excluding carboxylic acids is 3. The molecule has 0 fully saturated rings. The zero-order valence-corrected chi connectivity index (χ0v) is 15.4. The molecule has 0 radical (unpaired) electrons. The molecule has 7 nitrogen and oxygen atoms in total. The number of nitrogens with one attached hydrogen (secondary N) is 4. The average Bonchev–Trinajstić information content (AvgIpc) is 3.11. The van der Waals surface area contributed by atoms with Crippen LogP contribution in [0.3, 0.4) is 0 Å². The number of thiocarbonyl (C=S) groups is 1. The van der Waals surface area contributed by atoms with Crippen LogP contribution in [0, 0.1) is 0 Å². The van der Waals surface area contributed by atoms with Gasteiger partial charge in [0, 0.05) is 29.1 Å². The van der Waals surface area contributed by atoms with Gasteiger partial charge in [-0.15, -0.1) is 11.3 Å². The smallest absolute Gasteiger partial charge is 0.269 e. The van der Waals surface area contributed by atoms with Crippen LogP contribution in [0.4, 0.5) is 5.69 Å². The van der Waals surface area contributed by atoms with Crippen LogP contribution in [0.15, 0.2) is 47.9 Å². The number of hydrazine groups is 1. The van der Waals surface area contributed by atoms with E-state index in [2.05, 4.69) is 21.5 Å². The van der Waals surface area contributed by atoms with Gasteiger partial charge in [0.2, 0.25) is 11.8 Å². The zero-order chi connectivity index (χ0) is 18.9. The Morgan fingerprint density at radius 1 is 1.08 bits per heavy atom. The van der Waals surface area contributed by atoms with E-state index < -0.39 is 11.8 Å². The van der Waals surface area contributed by atoms with Crippen molar-refractivity contribution in [3.63, 3.8) is 0 Å². The van der Waals surface area contributed by atoms with Gasteiger partial charge >= 0.3 is 0 Å². The highest BCUT2D eigenvalue weighted by atomic mass is 32.1. The van der Waals surface area contributed by atoms with Gasteiger partial charge < -0.3 is 5.32 Å². The molecule has 134 valence electrons. The minimum Gasteiger partial charge on any atom is -0.326 e. The van der Waals surface area contributed by atoms with Crippen LogP contribution in [0.5, 0.6) is 0 Å². The molecule has 0 aliphatic rings. The first kappa shape index (κ1) is 19.3. The van der Waals surface area contributed by atoms with E-state index in [1.54, 1.807) is 30.3 Å². The molecule has 4 N–H and O–H groups in total. The molecule has 0 aliphatic carbocycles. The molecule has 2 aromatic rings. The second-order valence-corrected chi connectivity index (χ2v) is 6.39. The van der Waals surface area contributed by atoms with Gasteiger partial charge in [-0.25, -0.2) is 0 Å². The van der Waals surface area contributed by atoms with Crippen molar-refractivity contribution in [2.75, 3.05) is 5.32 Å². The second kappa shape index (κ2) is 9.44. The molecule has 1 aromatic carbocycles. The third-order valence-electron chi connectivity index (χ3n) is 2.94. The fourth-order valence-corrected chi connectivity index (χ4v) is 2.59. The molecule has 0 atom stereocenters. The second-order valence-electron chi connectivity index (χ2n) is 5.00. The minimum absolute atomic E-state index is 0.0333. The van der Waals surface area contributed by atoms with E-state index >= 15 is 0 Å². The minimum atomic E-state index is -0.440. The average molecular weight is 388 g/mol. The highest BCUT2D eigenvalue weighted by Gasteiger charge is 2.07. The topological polar surface area (TPSA) is 99.3 Å². The Balaban J connectivity index is 1.78. The van der Waals surface area contributed by atoms with E-state index in [9.17, 15) is 14.4 Å². The van der Waals surface area contributed by atoms with Crippen molar-refractivity contribution in [3.05, 3.63) is 58.3 Å². The quantitative estimate of drug-likeness (QED) is 0.365. The van der Waals surface area contributed by atoms with Gasteiger partial charge in [-0.2, -0.15) is 0 Å². The van der Waals surface area contributed by atoms with Crippen LogP contribution < -0.4 is 21.5 Å². The monoisotopic (exact) mass is 388 g/mol. The van der Waals surface area contributed by atoms with Gasteiger partial charge in [-0.3, -0.25) is 30.6 Å². The fourth-order valence-electron chi connectivity index (χ4n) is 1.82. The fraction of sp³-hybridized carbons (Fsp3) is 0.0588. The van der Waals surface area contributed by atoms with Crippen LogP contribution in [0.2, 0.25) is 0 Å². The lowest BCUT2D eigenvalue weighted by atomic mass is 10.2. The molecule has 9 heteroatoms. The summed E-state index contributed by atoms with van der Waals surface area (Å²) in [4.78, 5) is 35.6. The number of benzene rings is 1. The summed E-state index contributed by atoms with van der Waals surface area (Å²) in [6.45, 7) is 1.40. The lowest BCUT2D eigenvalue weighted by molar-refractivity contribution is -0.115. The standard InChI is InChI=1S/C17H16N4O3S2/c1-11(22)18-13-6-4-12(5-7-13)16(24)20-21-17(25)19-15(23)9-8-14-3-2-10-26-14/h2-10H,1H3,(H,18,22)(H,20,24)(H2,19,21,23,25). The number of carbonyl (C=O) groups is 3. The van der Waals surface area contributed by atoms with Crippen molar-refractivity contribution >= 4 is 58.2 Å². The van der Waals surface area contributed by atoms with Gasteiger partial charge in [-0.1, -0.05) is 6.07 Å². The molecule has 0 saturated heterocycles. The summed E-state index contributed by atoms with van der Waals surface area (Å²) in [5.41, 5.74) is 5.78. The summed E-state index contributed by atoms with van der Waals surface area (Å²) in [5.74, 6) is -1.05. The van der Waals surface area contributed by atoms with Crippen molar-refractivity contribution in [2.24, 2.45) is 0 Å². The summed E-state index contributed by atoms with van der Waals surface area (Å²) in [6.07, 6.45) is 3.01. The number of amides is 3. The first-order valence-electron chi connectivity index (χ1n) is 7.44. The molecule has 1 heterocycles. The SMILES string of the molecule is CC(=O)Nc1ccc(C(=O)NNC(=S)NC(=O)C=Cc2cccs2)cc1. The lowest BCUT2D eigenvalue weighted by Gasteiger charge is -2.10. The lowest BCUT2D eigenvalue weighted by Crippen LogP contribution is -2.48. The Hall–Kier alpha value is -3.04. The Labute approximate surface area is 159 Å². The van der Waals surface area contributed by atoms with Crippen LogP contribution in [0.1, 0.15) is 22.2 Å². The molecule has 0 saturated carbocycles. The third kappa shape index (κ3) is 6.46. The maximum absolute atomic E-state index is 12.0. The summed E-state index contributed by atoms with van der Waals surface area (Å²) in [7, 11) is 0. The largest absolute Gasteiger partial charge is 0.326 e. The molecule has 0 bridgehead atoms. The first-order valence-corrected chi connectivity index (χ1v) is 8.73. The van der Waals surface area contributed by atoms with Gasteiger partial charge in [0.15, 0.2) is 5.11 Å². The van der Waals surface area contributed by atoms with Crippen molar-refractivity contribution in [1.29, 1.82) is 0 Å². The van der Waals surface area contributed by atoms with Crippen molar-refractivity contribution in [2.45, 2.75) is 6.92 Å². The van der Waals surface area contributed by atoms with Gasteiger partial charge in [-0.05, 0) is 54.0 Å². The predicted molar refractivity (Wildman–Crippen MR) is 105 cm³/mol. The maximum Gasteiger partial charge on any atom is 0.269 e. The van der Waals surface area contributed by atoms with Crippen LogP contribution >= 0.6 is 23.6 Å². The summed E-state index contributed by atoms with van der Waals surface area (Å²) in [5, 5.41) is 6.89. The zero-order valence-electron chi connectivity index (χ0n) is 13.7. The first-order chi connectivity index (χ1) is 12.4. The van der Waals surface area contributed by atoms with E-state index in [-0.39, 0.29) is 11.0 Å². The molecule has 1 aromatic heterocycles. The number of hydrogen-bond donors (Lipinski definition) is 4. The number of thiophene rings is 1. The number of rotatable bonds is 4. The van der Waals surface area contributed by atoms with Crippen molar-refractivity contribution in [3.8, 4) is 0 Å². The molecule has 3 amide bonds. The third-order valence-corrected chi connectivity index (χ3v) is 3.98. The Bertz CT molecular complexity index is 830. The highest BCUT2D eigenvalue weighted by Crippen LogP contribution is 2.10. The summed E-state index contributed by atoms with van der Waals surface area (Å²) < 4.78 is 0. The maximum atomic E-state index is 12.0. The summed E-state index contributed by atoms with van der Waals surface area (Å²) in [6, 6.07) is 10.1. The predicted octanol–water partition coefficient (Wildman–Crippen LogP) is 2.06. The van der Waals surface area contributed by atoms with E-state index in [0.29, 0.717) is 11.3 Å². The van der Waals surface area contributed by atoms with Crippen LogP contribution in [-0.2, 0) is 9.59 Å². The highest BCUT2D eigenvalue weighted by molar-refractivity contribution is 7.80. The Morgan fingerprint density at radius 3 is 2.42 bits per heavy atom. The van der Waals surface area contributed by atoms with E-state index in [4.69, 9.17) is 12.2 Å². The molecule has 0 aliphatic heterocycles. The van der Waals surface area contributed by atoms with Crippen LogP contribution in [-0.4, -0.2) is 22.8 Å². The number of anilines is 1. The molecule has 26 heavy (non-hydrogen) atoms. The Morgan fingerprint density at radius 2 is 1.81 bits per heavy atom. The van der Waals surface area contributed by atoms with Crippen molar-refractivity contribution < 1.29 is 14.4 Å². The van der Waals surface area contributed by atoms with Gasteiger partial charge in [0.25, 0.3) is 5.91 Å². The number of hydrogen-bond acceptors (Lipinski definition) is 5.